The van der Waals surface area contributed by atoms with Crippen molar-refractivity contribution in [2.75, 3.05) is 0 Å². The third kappa shape index (κ3) is 1.30. The maximum Gasteiger partial charge on any atom is 0.331 e. The van der Waals surface area contributed by atoms with Crippen molar-refractivity contribution in [3.63, 3.8) is 0 Å². The summed E-state index contributed by atoms with van der Waals surface area (Å²) < 4.78 is 1.64. The van der Waals surface area contributed by atoms with Crippen LogP contribution in [-0.4, -0.2) is 24.7 Å². The number of pyridine rings is 1. The van der Waals surface area contributed by atoms with Crippen molar-refractivity contribution in [2.24, 2.45) is 0 Å². The van der Waals surface area contributed by atoms with E-state index < -0.39 is 0 Å². The van der Waals surface area contributed by atoms with Crippen molar-refractivity contribution in [2.45, 2.75) is 0 Å². The Balaban J connectivity index is 2.29. The molecule has 5 heteroatoms. The molecule has 3 heterocycles. The van der Waals surface area contributed by atoms with Crippen molar-refractivity contribution in [1.29, 1.82) is 0 Å². The molecule has 78 valence electrons. The lowest BCUT2D eigenvalue weighted by atomic mass is 10.2. The average Bonchev–Trinajstić information content (AvgIpc) is 2.73. The second-order valence-electron chi connectivity index (χ2n) is 3.36. The first-order chi connectivity index (χ1) is 7.84. The molecule has 0 fully saturated rings. The molecule has 0 atom stereocenters. The summed E-state index contributed by atoms with van der Waals surface area (Å²) in [5, 5.41) is 13.2. The summed E-state index contributed by atoms with van der Waals surface area (Å²) in [5.41, 5.74) is 2.65. The molecule has 0 spiro atoms. The number of hydrogen-bond acceptors (Lipinski definition) is 4. The molecule has 0 saturated carbocycles. The van der Waals surface area contributed by atoms with E-state index in [2.05, 4.69) is 15.1 Å². The summed E-state index contributed by atoms with van der Waals surface area (Å²) in [5.74, 6) is 0. The first-order valence-corrected chi connectivity index (χ1v) is 4.79. The summed E-state index contributed by atoms with van der Waals surface area (Å²) in [6.45, 7) is 0. The van der Waals surface area contributed by atoms with Crippen molar-refractivity contribution < 1.29 is 5.11 Å². The van der Waals surface area contributed by atoms with Gasteiger partial charge in [0.15, 0.2) is 0 Å². The Hall–Kier alpha value is -2.43. The Morgan fingerprint density at radius 3 is 2.88 bits per heavy atom. The number of aromatic nitrogens is 4. The van der Waals surface area contributed by atoms with Crippen LogP contribution in [0.1, 0.15) is 0 Å². The van der Waals surface area contributed by atoms with Crippen molar-refractivity contribution in [3.05, 3.63) is 42.9 Å². The van der Waals surface area contributed by atoms with Gasteiger partial charge in [-0.2, -0.15) is 0 Å². The first-order valence-electron chi connectivity index (χ1n) is 4.79. The fraction of sp³-hybridized carbons (Fsp3) is 0. The summed E-state index contributed by atoms with van der Waals surface area (Å²) in [6, 6.07) is 7.36. The quantitative estimate of drug-likeness (QED) is 0.663. The number of aromatic hydroxyl groups is 1. The molecule has 0 aliphatic carbocycles. The van der Waals surface area contributed by atoms with Crippen LogP contribution >= 0.6 is 0 Å². The molecule has 0 amide bonds. The van der Waals surface area contributed by atoms with Gasteiger partial charge in [0.25, 0.3) is 0 Å². The van der Waals surface area contributed by atoms with Crippen LogP contribution in [0.4, 0.5) is 0 Å². The predicted octanol–water partition coefficient (Wildman–Crippen LogP) is 1.50. The number of fused-ring (bicyclic) bond motifs is 1. The molecule has 5 nitrogen and oxygen atoms in total. The molecule has 16 heavy (non-hydrogen) atoms. The zero-order valence-corrected chi connectivity index (χ0v) is 8.28. The van der Waals surface area contributed by atoms with Crippen LogP contribution in [0.2, 0.25) is 0 Å². The molecule has 0 unspecified atom stereocenters. The molecular formula is C11H8N4O. The van der Waals surface area contributed by atoms with Crippen molar-refractivity contribution >= 4 is 5.52 Å². The van der Waals surface area contributed by atoms with Crippen LogP contribution in [0.3, 0.4) is 0 Å². The maximum atomic E-state index is 9.26. The van der Waals surface area contributed by atoms with Gasteiger partial charge in [-0.15, -0.1) is 5.10 Å². The molecule has 0 aromatic carbocycles. The van der Waals surface area contributed by atoms with Crippen LogP contribution in [0.25, 0.3) is 16.8 Å². The van der Waals surface area contributed by atoms with E-state index in [0.29, 0.717) is 0 Å². The van der Waals surface area contributed by atoms with Gasteiger partial charge in [-0.25, -0.2) is 9.50 Å². The summed E-state index contributed by atoms with van der Waals surface area (Å²) in [7, 11) is 0. The smallest absolute Gasteiger partial charge is 0.331 e. The highest BCUT2D eigenvalue weighted by Gasteiger charge is 2.06. The molecule has 0 bridgehead atoms. The molecule has 0 radical (unpaired) electrons. The topological polar surface area (TPSA) is 63.3 Å². The molecule has 3 rings (SSSR count). The van der Waals surface area contributed by atoms with Gasteiger partial charge in [-0.3, -0.25) is 4.98 Å². The zero-order valence-electron chi connectivity index (χ0n) is 8.28. The number of rotatable bonds is 1. The lowest BCUT2D eigenvalue weighted by Crippen LogP contribution is -1.95. The normalized spacial score (nSPS) is 10.8. The lowest BCUT2D eigenvalue weighted by molar-refractivity contribution is 0.419. The fourth-order valence-electron chi connectivity index (χ4n) is 1.63. The Kier molecular flexibility index (Phi) is 1.83. The minimum absolute atomic E-state index is 0.242. The molecule has 1 N–H and O–H groups in total. The van der Waals surface area contributed by atoms with E-state index in [1.807, 2.05) is 24.3 Å². The van der Waals surface area contributed by atoms with E-state index in [4.69, 9.17) is 0 Å². The van der Waals surface area contributed by atoms with Crippen LogP contribution < -0.4 is 0 Å². The van der Waals surface area contributed by atoms with Gasteiger partial charge in [-0.05, 0) is 24.3 Å². The fourth-order valence-corrected chi connectivity index (χ4v) is 1.63. The number of hydrogen-bond donors (Lipinski definition) is 1. The van der Waals surface area contributed by atoms with Gasteiger partial charge in [0.2, 0.25) is 0 Å². The minimum atomic E-state index is -0.242. The Labute approximate surface area is 91.0 Å². The third-order valence-corrected chi connectivity index (χ3v) is 2.34. The maximum absolute atomic E-state index is 9.26. The second-order valence-corrected chi connectivity index (χ2v) is 3.36. The average molecular weight is 212 g/mol. The molecule has 3 aromatic rings. The van der Waals surface area contributed by atoms with Crippen LogP contribution in [0.15, 0.2) is 42.9 Å². The molecular weight excluding hydrogens is 204 g/mol. The second kappa shape index (κ2) is 3.30. The SMILES string of the molecule is Oc1ncc2ccc(-c3cccnc3)n2n1. The Bertz CT molecular complexity index is 633. The number of nitrogens with zero attached hydrogens (tertiary/aromatic N) is 4. The standard InChI is InChI=1S/C11H8N4O/c16-11-13-7-9-3-4-10(15(9)14-11)8-2-1-5-12-6-8/h1-7H,(H,14,16). The van der Waals surface area contributed by atoms with Gasteiger partial charge >= 0.3 is 6.01 Å². The van der Waals surface area contributed by atoms with E-state index in [9.17, 15) is 5.11 Å². The molecule has 0 aliphatic heterocycles. The molecule has 3 aromatic heterocycles. The van der Waals surface area contributed by atoms with Gasteiger partial charge in [-0.1, -0.05) is 0 Å². The largest absolute Gasteiger partial charge is 0.478 e. The van der Waals surface area contributed by atoms with Gasteiger partial charge in [0.05, 0.1) is 17.4 Å². The molecule has 0 aliphatic rings. The third-order valence-electron chi connectivity index (χ3n) is 2.34. The van der Waals surface area contributed by atoms with Crippen LogP contribution in [0, 0.1) is 0 Å². The van der Waals surface area contributed by atoms with Gasteiger partial charge < -0.3 is 5.11 Å². The van der Waals surface area contributed by atoms with Gasteiger partial charge in [0, 0.05) is 18.0 Å². The zero-order chi connectivity index (χ0) is 11.0. The van der Waals surface area contributed by atoms with E-state index >= 15 is 0 Å². The van der Waals surface area contributed by atoms with Crippen LogP contribution in [-0.2, 0) is 0 Å². The van der Waals surface area contributed by atoms with E-state index in [-0.39, 0.29) is 6.01 Å². The van der Waals surface area contributed by atoms with Gasteiger partial charge in [0.1, 0.15) is 0 Å². The molecule has 0 saturated heterocycles. The minimum Gasteiger partial charge on any atom is -0.478 e. The summed E-state index contributed by atoms with van der Waals surface area (Å²) in [6.07, 6.45) is 5.04. The Morgan fingerprint density at radius 1 is 1.12 bits per heavy atom. The Morgan fingerprint density at radius 2 is 2.06 bits per heavy atom. The highest BCUT2D eigenvalue weighted by atomic mass is 16.3. The summed E-state index contributed by atoms with van der Waals surface area (Å²) in [4.78, 5) is 7.77. The monoisotopic (exact) mass is 212 g/mol. The van der Waals surface area contributed by atoms with E-state index in [1.165, 1.54) is 0 Å². The highest BCUT2D eigenvalue weighted by molar-refractivity contribution is 5.65. The van der Waals surface area contributed by atoms with E-state index in [0.717, 1.165) is 16.8 Å². The highest BCUT2D eigenvalue weighted by Crippen LogP contribution is 2.20. The lowest BCUT2D eigenvalue weighted by Gasteiger charge is -2.00. The van der Waals surface area contributed by atoms with Crippen LogP contribution in [0.5, 0.6) is 6.01 Å². The van der Waals surface area contributed by atoms with Crippen molar-refractivity contribution in [3.8, 4) is 17.3 Å². The predicted molar refractivity (Wildman–Crippen MR) is 57.9 cm³/mol. The summed E-state index contributed by atoms with van der Waals surface area (Å²) >= 11 is 0. The van der Waals surface area contributed by atoms with E-state index in [1.54, 1.807) is 23.1 Å². The first kappa shape index (κ1) is 8.84. The van der Waals surface area contributed by atoms with Crippen molar-refractivity contribution in [1.82, 2.24) is 19.6 Å².